The molecule has 0 saturated heterocycles. The Hall–Kier alpha value is -2.71. The van der Waals surface area contributed by atoms with E-state index in [4.69, 9.17) is 0 Å². The van der Waals surface area contributed by atoms with Crippen LogP contribution in [-0.4, -0.2) is 14.3 Å². The summed E-state index contributed by atoms with van der Waals surface area (Å²) < 4.78 is 41.5. The third-order valence-corrected chi connectivity index (χ3v) is 6.04. The van der Waals surface area contributed by atoms with Gasteiger partial charge in [-0.3, -0.25) is 9.52 Å². The molecule has 144 valence electrons. The lowest BCUT2D eigenvalue weighted by molar-refractivity contribution is 0.102. The molecule has 0 aliphatic rings. The molecule has 0 bridgehead atoms. The van der Waals surface area contributed by atoms with Crippen LogP contribution in [0.5, 0.6) is 0 Å². The van der Waals surface area contributed by atoms with Gasteiger partial charge in [-0.1, -0.05) is 24.3 Å². The Bertz CT molecular complexity index is 1140. The van der Waals surface area contributed by atoms with Crippen LogP contribution in [0.3, 0.4) is 0 Å². The van der Waals surface area contributed by atoms with Gasteiger partial charge >= 0.3 is 0 Å². The minimum atomic E-state index is -3.77. The number of carbonyl (C=O) groups excluding carboxylic acids is 1. The first kappa shape index (κ1) is 20.0. The van der Waals surface area contributed by atoms with Crippen LogP contribution < -0.4 is 10.0 Å². The molecule has 0 heterocycles. The van der Waals surface area contributed by atoms with Crippen LogP contribution in [0.15, 0.2) is 76.1 Å². The Labute approximate surface area is 170 Å². The second-order valence-corrected chi connectivity index (χ2v) is 8.56. The van der Waals surface area contributed by atoms with Crippen molar-refractivity contribution in [3.63, 3.8) is 0 Å². The summed E-state index contributed by atoms with van der Waals surface area (Å²) in [6.07, 6.45) is 0. The largest absolute Gasteiger partial charge is 0.322 e. The second kappa shape index (κ2) is 8.12. The fourth-order valence-electron chi connectivity index (χ4n) is 2.48. The zero-order chi connectivity index (χ0) is 20.3. The van der Waals surface area contributed by atoms with Gasteiger partial charge in [0.15, 0.2) is 0 Å². The lowest BCUT2D eigenvalue weighted by Gasteiger charge is -2.13. The van der Waals surface area contributed by atoms with Crippen molar-refractivity contribution in [1.82, 2.24) is 0 Å². The normalized spacial score (nSPS) is 11.1. The average Bonchev–Trinajstić information content (AvgIpc) is 2.67. The Kier molecular flexibility index (Phi) is 5.81. The molecular weight excluding hydrogens is 447 g/mol. The molecule has 0 aliphatic carbocycles. The molecule has 5 nitrogen and oxygen atoms in total. The predicted molar refractivity (Wildman–Crippen MR) is 110 cm³/mol. The molecule has 1 amide bonds. The lowest BCUT2D eigenvalue weighted by Crippen LogP contribution is -2.15. The summed E-state index contributed by atoms with van der Waals surface area (Å²) in [5.41, 5.74) is 1.52. The van der Waals surface area contributed by atoms with Gasteiger partial charge < -0.3 is 5.32 Å². The van der Waals surface area contributed by atoms with Gasteiger partial charge in [-0.15, -0.1) is 0 Å². The summed E-state index contributed by atoms with van der Waals surface area (Å²) in [5, 5.41) is 2.65. The number of benzene rings is 3. The molecule has 0 saturated carbocycles. The van der Waals surface area contributed by atoms with Crippen LogP contribution >= 0.6 is 15.9 Å². The molecule has 0 fully saturated rings. The van der Waals surface area contributed by atoms with Gasteiger partial charge in [-0.25, -0.2) is 12.8 Å². The number of rotatable bonds is 5. The van der Waals surface area contributed by atoms with Crippen molar-refractivity contribution in [3.8, 4) is 0 Å². The number of amides is 1. The molecule has 8 heteroatoms. The number of hydrogen-bond acceptors (Lipinski definition) is 3. The van der Waals surface area contributed by atoms with Crippen molar-refractivity contribution in [1.29, 1.82) is 0 Å². The molecular formula is C20H16BrFN2O3S. The minimum Gasteiger partial charge on any atom is -0.322 e. The topological polar surface area (TPSA) is 75.3 Å². The molecule has 0 atom stereocenters. The van der Waals surface area contributed by atoms with E-state index in [1.807, 2.05) is 0 Å². The highest BCUT2D eigenvalue weighted by Crippen LogP contribution is 2.25. The molecule has 3 aromatic carbocycles. The fraction of sp³-hybridized carbons (Fsp3) is 0.0500. The number of aryl methyl sites for hydroxylation is 1. The van der Waals surface area contributed by atoms with Crippen molar-refractivity contribution in [2.75, 3.05) is 10.0 Å². The van der Waals surface area contributed by atoms with E-state index in [1.165, 1.54) is 30.3 Å². The molecule has 0 aromatic heterocycles. The standard InChI is InChI=1S/C20H16BrFN2O3S/c1-13-7-9-15(23-20(25)17-11-14(22)8-10-18(17)21)12-19(13)24-28(26,27)16-5-3-2-4-6-16/h2-12,24H,1H3,(H,23,25). The first-order valence-corrected chi connectivity index (χ1v) is 10.5. The van der Waals surface area contributed by atoms with E-state index < -0.39 is 21.7 Å². The van der Waals surface area contributed by atoms with E-state index in [0.29, 0.717) is 21.4 Å². The summed E-state index contributed by atoms with van der Waals surface area (Å²) in [6, 6.07) is 16.6. The SMILES string of the molecule is Cc1ccc(NC(=O)c2cc(F)ccc2Br)cc1NS(=O)(=O)c1ccccc1. The summed E-state index contributed by atoms with van der Waals surface area (Å²) in [5.74, 6) is -1.05. The van der Waals surface area contributed by atoms with Crippen LogP contribution in [0.2, 0.25) is 0 Å². The van der Waals surface area contributed by atoms with E-state index in [1.54, 1.807) is 37.3 Å². The zero-order valence-corrected chi connectivity index (χ0v) is 17.1. The van der Waals surface area contributed by atoms with Gasteiger partial charge in [-0.05, 0) is 70.9 Å². The fourth-order valence-corrected chi connectivity index (χ4v) is 4.05. The van der Waals surface area contributed by atoms with E-state index in [-0.39, 0.29) is 10.5 Å². The summed E-state index contributed by atoms with van der Waals surface area (Å²) >= 11 is 3.22. The average molecular weight is 463 g/mol. The van der Waals surface area contributed by atoms with Crippen molar-refractivity contribution in [2.45, 2.75) is 11.8 Å². The van der Waals surface area contributed by atoms with Crippen LogP contribution in [0, 0.1) is 12.7 Å². The van der Waals surface area contributed by atoms with Crippen molar-refractivity contribution >= 4 is 43.2 Å². The molecule has 0 spiro atoms. The van der Waals surface area contributed by atoms with E-state index in [2.05, 4.69) is 26.0 Å². The zero-order valence-electron chi connectivity index (χ0n) is 14.7. The first-order valence-electron chi connectivity index (χ1n) is 8.21. The highest BCUT2D eigenvalue weighted by atomic mass is 79.9. The molecule has 0 unspecified atom stereocenters. The number of carbonyl (C=O) groups is 1. The monoisotopic (exact) mass is 462 g/mol. The maximum atomic E-state index is 13.4. The highest BCUT2D eigenvalue weighted by Gasteiger charge is 2.16. The minimum absolute atomic E-state index is 0.131. The van der Waals surface area contributed by atoms with Crippen molar-refractivity contribution < 1.29 is 17.6 Å². The highest BCUT2D eigenvalue weighted by molar-refractivity contribution is 9.10. The Morgan fingerprint density at radius 2 is 1.71 bits per heavy atom. The smallest absolute Gasteiger partial charge is 0.261 e. The van der Waals surface area contributed by atoms with Gasteiger partial charge in [0, 0.05) is 10.2 Å². The molecule has 3 aromatic rings. The Balaban J connectivity index is 1.86. The molecule has 2 N–H and O–H groups in total. The van der Waals surface area contributed by atoms with Gasteiger partial charge in [0.1, 0.15) is 5.82 Å². The lowest BCUT2D eigenvalue weighted by atomic mass is 10.1. The Morgan fingerprint density at radius 3 is 2.43 bits per heavy atom. The van der Waals surface area contributed by atoms with Gasteiger partial charge in [0.05, 0.1) is 16.1 Å². The second-order valence-electron chi connectivity index (χ2n) is 6.03. The maximum Gasteiger partial charge on any atom is 0.261 e. The molecule has 0 radical (unpaired) electrons. The summed E-state index contributed by atoms with van der Waals surface area (Å²) in [7, 11) is -3.77. The summed E-state index contributed by atoms with van der Waals surface area (Å²) in [4.78, 5) is 12.6. The number of sulfonamides is 1. The van der Waals surface area contributed by atoms with Crippen LogP contribution in [0.1, 0.15) is 15.9 Å². The van der Waals surface area contributed by atoms with Gasteiger partial charge in [-0.2, -0.15) is 0 Å². The van der Waals surface area contributed by atoms with E-state index >= 15 is 0 Å². The van der Waals surface area contributed by atoms with Crippen LogP contribution in [-0.2, 0) is 10.0 Å². The first-order chi connectivity index (χ1) is 13.3. The number of anilines is 2. The van der Waals surface area contributed by atoms with Crippen molar-refractivity contribution in [2.24, 2.45) is 0 Å². The van der Waals surface area contributed by atoms with Crippen LogP contribution in [0.25, 0.3) is 0 Å². The van der Waals surface area contributed by atoms with Crippen molar-refractivity contribution in [3.05, 3.63) is 88.1 Å². The van der Waals surface area contributed by atoms with Crippen LogP contribution in [0.4, 0.5) is 15.8 Å². The van der Waals surface area contributed by atoms with Gasteiger partial charge in [0.25, 0.3) is 15.9 Å². The summed E-state index contributed by atoms with van der Waals surface area (Å²) in [6.45, 7) is 1.75. The Morgan fingerprint density at radius 1 is 1.00 bits per heavy atom. The van der Waals surface area contributed by atoms with Gasteiger partial charge in [0.2, 0.25) is 0 Å². The maximum absolute atomic E-state index is 13.4. The number of halogens is 2. The quantitative estimate of drug-likeness (QED) is 0.563. The third kappa shape index (κ3) is 4.58. The predicted octanol–water partition coefficient (Wildman–Crippen LogP) is 4.95. The third-order valence-electron chi connectivity index (χ3n) is 3.97. The molecule has 0 aliphatic heterocycles. The number of hydrogen-bond donors (Lipinski definition) is 2. The van der Waals surface area contributed by atoms with E-state index in [9.17, 15) is 17.6 Å². The number of nitrogens with one attached hydrogen (secondary N) is 2. The molecule has 3 rings (SSSR count). The van der Waals surface area contributed by atoms with E-state index in [0.717, 1.165) is 6.07 Å². The molecule has 28 heavy (non-hydrogen) atoms.